The van der Waals surface area contributed by atoms with Crippen molar-refractivity contribution in [2.75, 3.05) is 7.11 Å². The maximum Gasteiger partial charge on any atom is 0.193 e. The maximum absolute atomic E-state index is 11.2. The van der Waals surface area contributed by atoms with E-state index in [2.05, 4.69) is 31.9 Å². The standard InChI is InChI=1S/C10H10Br2O2S2/c1-7(13)10(11,12)16-15-9-5-3-8(14-2)4-6-9/h3-6H,1-2H3/i10+1. The van der Waals surface area contributed by atoms with Gasteiger partial charge in [-0.05, 0) is 31.2 Å². The van der Waals surface area contributed by atoms with Gasteiger partial charge in [0.25, 0.3) is 0 Å². The van der Waals surface area contributed by atoms with Gasteiger partial charge in [-0.1, -0.05) is 53.4 Å². The maximum atomic E-state index is 11.2. The smallest absolute Gasteiger partial charge is 0.193 e. The van der Waals surface area contributed by atoms with Gasteiger partial charge in [0, 0.05) is 4.90 Å². The third kappa shape index (κ3) is 4.31. The molecule has 0 aliphatic heterocycles. The topological polar surface area (TPSA) is 26.3 Å². The van der Waals surface area contributed by atoms with Crippen LogP contribution in [0, 0.1) is 0 Å². The zero-order chi connectivity index (χ0) is 12.2. The van der Waals surface area contributed by atoms with Crippen LogP contribution in [0.25, 0.3) is 0 Å². The van der Waals surface area contributed by atoms with E-state index in [1.807, 2.05) is 24.3 Å². The Balaban J connectivity index is 2.58. The Morgan fingerprint density at radius 3 is 2.31 bits per heavy atom. The Kier molecular flexibility index (Phi) is 5.70. The molecule has 16 heavy (non-hydrogen) atoms. The van der Waals surface area contributed by atoms with Crippen LogP contribution in [0.5, 0.6) is 5.75 Å². The number of hydrogen-bond acceptors (Lipinski definition) is 4. The van der Waals surface area contributed by atoms with E-state index in [1.165, 1.54) is 28.5 Å². The van der Waals surface area contributed by atoms with E-state index < -0.39 is 2.57 Å². The fourth-order valence-electron chi connectivity index (χ4n) is 0.790. The second-order valence-electron chi connectivity index (χ2n) is 2.92. The van der Waals surface area contributed by atoms with Crippen molar-refractivity contribution in [1.82, 2.24) is 0 Å². The Morgan fingerprint density at radius 2 is 1.88 bits per heavy atom. The molecule has 0 aromatic heterocycles. The van der Waals surface area contributed by atoms with Crippen molar-refractivity contribution in [3.63, 3.8) is 0 Å². The van der Waals surface area contributed by atoms with E-state index in [-0.39, 0.29) is 5.78 Å². The lowest BCUT2D eigenvalue weighted by Crippen LogP contribution is -2.15. The fourth-order valence-corrected chi connectivity index (χ4v) is 3.83. The minimum absolute atomic E-state index is 0.0264. The molecule has 2 nitrogen and oxygen atoms in total. The van der Waals surface area contributed by atoms with E-state index >= 15 is 0 Å². The van der Waals surface area contributed by atoms with E-state index in [9.17, 15) is 4.79 Å². The number of Topliss-reactive ketones (excluding diaryl/α,β-unsaturated/α-hetero) is 1. The molecule has 6 heteroatoms. The Labute approximate surface area is 120 Å². The summed E-state index contributed by atoms with van der Waals surface area (Å²) >= 11 is 6.63. The molecule has 0 spiro atoms. The van der Waals surface area contributed by atoms with Crippen LogP contribution in [0.1, 0.15) is 6.92 Å². The second kappa shape index (κ2) is 6.33. The first-order chi connectivity index (χ1) is 7.45. The van der Waals surface area contributed by atoms with E-state index in [4.69, 9.17) is 4.74 Å². The van der Waals surface area contributed by atoms with Crippen LogP contribution in [0.15, 0.2) is 29.2 Å². The molecule has 88 valence electrons. The Bertz CT molecular complexity index is 366. The zero-order valence-corrected chi connectivity index (χ0v) is 13.5. The van der Waals surface area contributed by atoms with Crippen molar-refractivity contribution in [2.24, 2.45) is 0 Å². The van der Waals surface area contributed by atoms with Crippen molar-refractivity contribution < 1.29 is 9.53 Å². The summed E-state index contributed by atoms with van der Waals surface area (Å²) in [4.78, 5) is 12.3. The minimum Gasteiger partial charge on any atom is -0.497 e. The number of halogens is 2. The summed E-state index contributed by atoms with van der Waals surface area (Å²) in [6.45, 7) is 1.53. The van der Waals surface area contributed by atoms with Gasteiger partial charge in [-0.2, -0.15) is 0 Å². The summed E-state index contributed by atoms with van der Waals surface area (Å²) in [5, 5.41) is 0. The van der Waals surface area contributed by atoms with Crippen LogP contribution in [-0.4, -0.2) is 15.5 Å². The highest BCUT2D eigenvalue weighted by molar-refractivity contribution is 9.30. The molecule has 1 rings (SSSR count). The number of methoxy groups -OCH3 is 1. The van der Waals surface area contributed by atoms with E-state index in [1.54, 1.807) is 7.11 Å². The fraction of sp³-hybridized carbons (Fsp3) is 0.300. The van der Waals surface area contributed by atoms with E-state index in [0.29, 0.717) is 0 Å². The van der Waals surface area contributed by atoms with Gasteiger partial charge in [-0.25, -0.2) is 0 Å². The minimum atomic E-state index is -0.718. The van der Waals surface area contributed by atoms with Crippen LogP contribution in [-0.2, 0) is 4.79 Å². The monoisotopic (exact) mass is 385 g/mol. The van der Waals surface area contributed by atoms with Crippen molar-refractivity contribution in [3.05, 3.63) is 24.3 Å². The number of carbonyl (C=O) groups is 1. The number of rotatable bonds is 5. The quantitative estimate of drug-likeness (QED) is 0.423. The summed E-state index contributed by atoms with van der Waals surface area (Å²) in [5.41, 5.74) is 0. The molecule has 0 aliphatic rings. The molecule has 0 N–H and O–H groups in total. The summed E-state index contributed by atoms with van der Waals surface area (Å²) in [7, 11) is 4.57. The summed E-state index contributed by atoms with van der Waals surface area (Å²) in [5.74, 6) is 0.850. The highest BCUT2D eigenvalue weighted by atomic mass is 79.9. The Morgan fingerprint density at radius 1 is 1.31 bits per heavy atom. The van der Waals surface area contributed by atoms with Gasteiger partial charge >= 0.3 is 0 Å². The zero-order valence-electron chi connectivity index (χ0n) is 8.70. The second-order valence-corrected chi connectivity index (χ2v) is 9.83. The van der Waals surface area contributed by atoms with Crippen molar-refractivity contribution in [1.29, 1.82) is 0 Å². The normalized spacial score (nSPS) is 11.2. The number of benzene rings is 1. The predicted octanol–water partition coefficient (Wildman–Crippen LogP) is 4.47. The van der Waals surface area contributed by atoms with Crippen LogP contribution in [0.4, 0.5) is 0 Å². The summed E-state index contributed by atoms with van der Waals surface area (Å²) in [6, 6.07) is 7.68. The molecular weight excluding hydrogens is 377 g/mol. The van der Waals surface area contributed by atoms with Crippen molar-refractivity contribution >= 4 is 59.2 Å². The van der Waals surface area contributed by atoms with Crippen LogP contribution < -0.4 is 4.74 Å². The first kappa shape index (κ1) is 14.4. The van der Waals surface area contributed by atoms with Gasteiger partial charge < -0.3 is 4.74 Å². The largest absolute Gasteiger partial charge is 0.497 e. The number of ketones is 1. The van der Waals surface area contributed by atoms with E-state index in [0.717, 1.165) is 10.6 Å². The van der Waals surface area contributed by atoms with Gasteiger partial charge in [0.2, 0.25) is 0 Å². The van der Waals surface area contributed by atoms with Crippen LogP contribution >= 0.6 is 53.4 Å². The highest BCUT2D eigenvalue weighted by Gasteiger charge is 2.29. The molecule has 0 radical (unpaired) electrons. The molecule has 0 atom stereocenters. The molecule has 0 heterocycles. The SMILES string of the molecule is COc1ccc(SS[13C](Br)(Br)C(C)=O)cc1. The lowest BCUT2D eigenvalue weighted by molar-refractivity contribution is -0.115. The lowest BCUT2D eigenvalue weighted by atomic mass is 10.3. The number of carbonyl (C=O) groups excluding carboxylic acids is 1. The highest BCUT2D eigenvalue weighted by Crippen LogP contribution is 2.49. The van der Waals surface area contributed by atoms with Gasteiger partial charge in [0.05, 0.1) is 7.11 Å². The van der Waals surface area contributed by atoms with Crippen LogP contribution in [0.3, 0.4) is 0 Å². The third-order valence-electron chi connectivity index (χ3n) is 1.71. The molecule has 0 amide bonds. The first-order valence-electron chi connectivity index (χ1n) is 4.34. The number of alkyl halides is 2. The van der Waals surface area contributed by atoms with Gasteiger partial charge in [0.15, 0.2) is 8.35 Å². The summed E-state index contributed by atoms with van der Waals surface area (Å²) < 4.78 is 4.35. The van der Waals surface area contributed by atoms with Crippen LogP contribution in [0.2, 0.25) is 0 Å². The molecule has 0 saturated heterocycles. The molecule has 1 aromatic carbocycles. The van der Waals surface area contributed by atoms with Gasteiger partial charge in [0.1, 0.15) is 5.75 Å². The molecule has 0 bridgehead atoms. The Hall–Kier alpha value is 0.350. The van der Waals surface area contributed by atoms with Crippen molar-refractivity contribution in [3.8, 4) is 5.75 Å². The predicted molar refractivity (Wildman–Crippen MR) is 77.7 cm³/mol. The lowest BCUT2D eigenvalue weighted by Gasteiger charge is -2.14. The van der Waals surface area contributed by atoms with Gasteiger partial charge in [-0.15, -0.1) is 0 Å². The number of ether oxygens (including phenoxy) is 1. The average molecular weight is 387 g/mol. The summed E-state index contributed by atoms with van der Waals surface area (Å²) in [6.07, 6.45) is 0. The molecule has 1 aromatic rings. The third-order valence-corrected chi connectivity index (χ3v) is 7.71. The first-order valence-corrected chi connectivity index (χ1v) is 8.08. The molecule has 0 fully saturated rings. The average Bonchev–Trinajstić information content (AvgIpc) is 2.27. The molecular formula is C10H10Br2O2S2. The molecule has 0 unspecified atom stereocenters. The molecule has 0 saturated carbocycles. The van der Waals surface area contributed by atoms with Gasteiger partial charge in [-0.3, -0.25) is 4.79 Å². The number of hydrogen-bond donors (Lipinski definition) is 0. The molecule has 0 aliphatic carbocycles. The van der Waals surface area contributed by atoms with Crippen molar-refractivity contribution in [2.45, 2.75) is 14.4 Å².